The fraction of sp³-hybridized carbons (Fsp3) is 0.364. The standard InChI is InChI=1S/C22H25N3O3S/c1-14-4-5-15(2)20-19(14)24-22(29-20)28-18-10-12-25(13-11-18)21(26)23-16-6-8-17(27-3)9-7-16/h4-9,18H,10-13H2,1-3H3,(H,23,26). The van der Waals surface area contributed by atoms with Gasteiger partial charge in [-0.2, -0.15) is 0 Å². The summed E-state index contributed by atoms with van der Waals surface area (Å²) in [5.74, 6) is 0.765. The number of carbonyl (C=O) groups is 1. The Bertz CT molecular complexity index is 969. The summed E-state index contributed by atoms with van der Waals surface area (Å²) in [4.78, 5) is 19.0. The van der Waals surface area contributed by atoms with E-state index in [1.807, 2.05) is 29.2 Å². The molecular weight excluding hydrogens is 386 g/mol. The number of methoxy groups -OCH3 is 1. The number of rotatable bonds is 4. The summed E-state index contributed by atoms with van der Waals surface area (Å²) in [5, 5.41) is 3.66. The number of hydrogen-bond donors (Lipinski definition) is 1. The Morgan fingerprint density at radius 1 is 1.10 bits per heavy atom. The number of benzene rings is 2. The van der Waals surface area contributed by atoms with Crippen molar-refractivity contribution in [2.45, 2.75) is 32.8 Å². The molecule has 2 heterocycles. The molecule has 6 nitrogen and oxygen atoms in total. The highest BCUT2D eigenvalue weighted by atomic mass is 32.1. The Hall–Kier alpha value is -2.80. The number of hydrogen-bond acceptors (Lipinski definition) is 5. The van der Waals surface area contributed by atoms with Gasteiger partial charge in [-0.15, -0.1) is 0 Å². The Balaban J connectivity index is 1.32. The van der Waals surface area contributed by atoms with Gasteiger partial charge in [-0.05, 0) is 49.2 Å². The second-order valence-corrected chi connectivity index (χ2v) is 8.28. The van der Waals surface area contributed by atoms with E-state index in [9.17, 15) is 4.79 Å². The predicted octanol–water partition coefficient (Wildman–Crippen LogP) is 5.00. The quantitative estimate of drug-likeness (QED) is 0.656. The zero-order valence-corrected chi connectivity index (χ0v) is 17.7. The molecule has 1 aromatic heterocycles. The van der Waals surface area contributed by atoms with Gasteiger partial charge in [0.1, 0.15) is 11.9 Å². The number of urea groups is 1. The van der Waals surface area contributed by atoms with Crippen molar-refractivity contribution in [3.8, 4) is 10.9 Å². The fourth-order valence-corrected chi connectivity index (χ4v) is 4.51. The lowest BCUT2D eigenvalue weighted by molar-refractivity contribution is 0.115. The van der Waals surface area contributed by atoms with Gasteiger partial charge in [-0.3, -0.25) is 0 Å². The van der Waals surface area contributed by atoms with Gasteiger partial charge in [0.15, 0.2) is 0 Å². The van der Waals surface area contributed by atoms with Crippen molar-refractivity contribution < 1.29 is 14.3 Å². The van der Waals surface area contributed by atoms with Crippen LogP contribution in [0.15, 0.2) is 36.4 Å². The first-order valence-corrected chi connectivity index (χ1v) is 10.6. The van der Waals surface area contributed by atoms with Gasteiger partial charge in [-0.1, -0.05) is 23.5 Å². The van der Waals surface area contributed by atoms with Crippen molar-refractivity contribution in [3.63, 3.8) is 0 Å². The molecule has 2 amide bonds. The number of aryl methyl sites for hydroxylation is 2. The first-order valence-electron chi connectivity index (χ1n) is 9.77. The molecule has 0 unspecified atom stereocenters. The number of carbonyl (C=O) groups excluding carboxylic acids is 1. The zero-order valence-electron chi connectivity index (χ0n) is 16.9. The number of piperidine rings is 1. The van der Waals surface area contributed by atoms with Gasteiger partial charge >= 0.3 is 6.03 Å². The van der Waals surface area contributed by atoms with Gasteiger partial charge in [0.25, 0.3) is 5.19 Å². The average molecular weight is 412 g/mol. The van der Waals surface area contributed by atoms with Gasteiger partial charge in [0, 0.05) is 31.6 Å². The van der Waals surface area contributed by atoms with E-state index in [1.165, 1.54) is 15.8 Å². The molecule has 1 saturated heterocycles. The third-order valence-electron chi connectivity index (χ3n) is 5.26. The lowest BCUT2D eigenvalue weighted by atomic mass is 10.1. The maximum atomic E-state index is 12.5. The van der Waals surface area contributed by atoms with Crippen LogP contribution in [0, 0.1) is 13.8 Å². The van der Waals surface area contributed by atoms with Gasteiger partial charge in [-0.25, -0.2) is 9.78 Å². The number of aromatic nitrogens is 1. The Labute approximate surface area is 174 Å². The minimum absolute atomic E-state index is 0.0835. The minimum atomic E-state index is -0.0835. The zero-order chi connectivity index (χ0) is 20.4. The minimum Gasteiger partial charge on any atom is -0.497 e. The summed E-state index contributed by atoms with van der Waals surface area (Å²) < 4.78 is 12.5. The molecule has 29 heavy (non-hydrogen) atoms. The van der Waals surface area contributed by atoms with E-state index >= 15 is 0 Å². The second-order valence-electron chi connectivity index (χ2n) is 7.32. The van der Waals surface area contributed by atoms with Crippen LogP contribution in [0.1, 0.15) is 24.0 Å². The highest BCUT2D eigenvalue weighted by molar-refractivity contribution is 7.20. The van der Waals surface area contributed by atoms with Crippen LogP contribution in [0.2, 0.25) is 0 Å². The SMILES string of the molecule is COc1ccc(NC(=O)N2CCC(Oc3nc4c(C)ccc(C)c4s3)CC2)cc1. The summed E-state index contributed by atoms with van der Waals surface area (Å²) in [6.45, 7) is 5.50. The maximum absolute atomic E-state index is 12.5. The van der Waals surface area contributed by atoms with E-state index in [2.05, 4.69) is 36.3 Å². The van der Waals surface area contributed by atoms with E-state index < -0.39 is 0 Å². The fourth-order valence-electron chi connectivity index (χ4n) is 3.49. The van der Waals surface area contributed by atoms with E-state index in [0.717, 1.165) is 35.0 Å². The van der Waals surface area contributed by atoms with Crippen LogP contribution in [-0.2, 0) is 0 Å². The average Bonchev–Trinajstić information content (AvgIpc) is 3.17. The molecule has 0 spiro atoms. The highest BCUT2D eigenvalue weighted by Crippen LogP contribution is 2.33. The van der Waals surface area contributed by atoms with E-state index in [0.29, 0.717) is 13.1 Å². The van der Waals surface area contributed by atoms with E-state index in [1.54, 1.807) is 18.4 Å². The van der Waals surface area contributed by atoms with Crippen molar-refractivity contribution in [2.24, 2.45) is 0 Å². The largest absolute Gasteiger partial charge is 0.497 e. The predicted molar refractivity (Wildman–Crippen MR) is 116 cm³/mol. The van der Waals surface area contributed by atoms with Crippen LogP contribution in [0.3, 0.4) is 0 Å². The first-order chi connectivity index (χ1) is 14.0. The smallest absolute Gasteiger partial charge is 0.321 e. The van der Waals surface area contributed by atoms with Crippen LogP contribution in [-0.4, -0.2) is 42.2 Å². The summed E-state index contributed by atoms with van der Waals surface area (Å²) in [6.07, 6.45) is 1.68. The van der Waals surface area contributed by atoms with Crippen LogP contribution in [0.25, 0.3) is 10.2 Å². The molecule has 7 heteroatoms. The maximum Gasteiger partial charge on any atom is 0.321 e. The Kier molecular flexibility index (Phi) is 5.58. The topological polar surface area (TPSA) is 63.7 Å². The van der Waals surface area contributed by atoms with Crippen molar-refractivity contribution >= 4 is 33.3 Å². The molecule has 1 aliphatic rings. The number of likely N-dealkylation sites (tertiary alicyclic amines) is 1. The number of thiazole rings is 1. The van der Waals surface area contributed by atoms with Crippen LogP contribution in [0.5, 0.6) is 10.9 Å². The number of fused-ring (bicyclic) bond motifs is 1. The van der Waals surface area contributed by atoms with E-state index in [4.69, 9.17) is 9.47 Å². The van der Waals surface area contributed by atoms with Crippen molar-refractivity contribution in [3.05, 3.63) is 47.5 Å². The molecule has 0 saturated carbocycles. The number of anilines is 1. The van der Waals surface area contributed by atoms with E-state index in [-0.39, 0.29) is 12.1 Å². The molecular formula is C22H25N3O3S. The molecule has 0 radical (unpaired) electrons. The first kappa shape index (κ1) is 19.5. The number of nitrogens with zero attached hydrogens (tertiary/aromatic N) is 2. The number of nitrogens with one attached hydrogen (secondary N) is 1. The highest BCUT2D eigenvalue weighted by Gasteiger charge is 2.25. The van der Waals surface area contributed by atoms with Crippen molar-refractivity contribution in [1.29, 1.82) is 0 Å². The molecule has 0 bridgehead atoms. The van der Waals surface area contributed by atoms with Gasteiger partial charge < -0.3 is 19.7 Å². The molecule has 1 N–H and O–H groups in total. The van der Waals surface area contributed by atoms with Crippen molar-refractivity contribution in [2.75, 3.05) is 25.5 Å². The van der Waals surface area contributed by atoms with Gasteiger partial charge in [0.05, 0.1) is 17.3 Å². The number of ether oxygens (including phenoxy) is 2. The third kappa shape index (κ3) is 4.29. The summed E-state index contributed by atoms with van der Waals surface area (Å²) in [7, 11) is 1.62. The monoisotopic (exact) mass is 411 g/mol. The number of amides is 2. The summed E-state index contributed by atoms with van der Waals surface area (Å²) in [6, 6.07) is 11.5. The molecule has 2 aromatic carbocycles. The van der Waals surface area contributed by atoms with Crippen LogP contribution < -0.4 is 14.8 Å². The lowest BCUT2D eigenvalue weighted by Crippen LogP contribution is -2.43. The molecule has 1 fully saturated rings. The summed E-state index contributed by atoms with van der Waals surface area (Å²) in [5.41, 5.74) is 4.18. The normalized spacial score (nSPS) is 14.8. The molecule has 1 aliphatic heterocycles. The Morgan fingerprint density at radius 2 is 1.79 bits per heavy atom. The molecule has 4 rings (SSSR count). The van der Waals surface area contributed by atoms with Crippen LogP contribution >= 0.6 is 11.3 Å². The third-order valence-corrected chi connectivity index (χ3v) is 6.34. The van der Waals surface area contributed by atoms with Crippen molar-refractivity contribution in [1.82, 2.24) is 9.88 Å². The lowest BCUT2D eigenvalue weighted by Gasteiger charge is -2.31. The molecule has 0 aliphatic carbocycles. The molecule has 152 valence electrons. The van der Waals surface area contributed by atoms with Crippen LogP contribution in [0.4, 0.5) is 10.5 Å². The molecule has 3 aromatic rings. The van der Waals surface area contributed by atoms with Gasteiger partial charge in [0.2, 0.25) is 0 Å². The molecule has 0 atom stereocenters. The second kappa shape index (κ2) is 8.29. The Morgan fingerprint density at radius 3 is 2.45 bits per heavy atom. The summed E-state index contributed by atoms with van der Waals surface area (Å²) >= 11 is 1.61.